The van der Waals surface area contributed by atoms with Crippen molar-refractivity contribution in [2.75, 3.05) is 27.8 Å². The third-order valence-electron chi connectivity index (χ3n) is 6.37. The highest BCUT2D eigenvalue weighted by Gasteiger charge is 2.19. The summed E-state index contributed by atoms with van der Waals surface area (Å²) in [6.07, 6.45) is 2.93. The molecule has 0 spiro atoms. The number of carbonyl (C=O) groups is 3. The lowest BCUT2D eigenvalue weighted by Crippen LogP contribution is -2.27. The number of aryl methyl sites for hydroxylation is 2. The number of nitrogens with zero attached hydrogens (tertiary/aromatic N) is 2. The molecule has 4 aromatic rings. The Balaban J connectivity index is 1.37. The van der Waals surface area contributed by atoms with Gasteiger partial charge in [0, 0.05) is 61.7 Å². The van der Waals surface area contributed by atoms with Gasteiger partial charge in [-0.3, -0.25) is 14.9 Å². The van der Waals surface area contributed by atoms with Gasteiger partial charge in [-0.05, 0) is 81.8 Å². The monoisotopic (exact) mass is 585 g/mol. The van der Waals surface area contributed by atoms with E-state index < -0.39 is 11.7 Å². The predicted octanol–water partition coefficient (Wildman–Crippen LogP) is 5.64. The summed E-state index contributed by atoms with van der Waals surface area (Å²) in [5.74, 6) is -0.555. The average molecular weight is 586 g/mol. The first kappa shape index (κ1) is 30.9. The number of hydrogen-bond donors (Lipinski definition) is 5. The highest BCUT2D eigenvalue weighted by atomic mass is 16.6. The minimum atomic E-state index is -0.631. The van der Waals surface area contributed by atoms with Crippen LogP contribution in [0, 0.1) is 0 Å². The number of nitrogens with two attached hydrogens (primary N) is 1. The molecule has 11 nitrogen and oxygen atoms in total. The van der Waals surface area contributed by atoms with E-state index in [1.54, 1.807) is 61.3 Å². The molecule has 4 rings (SSSR count). The Morgan fingerprint density at radius 1 is 0.744 bits per heavy atom. The number of rotatable bonds is 9. The molecule has 1 atom stereocenters. The van der Waals surface area contributed by atoms with E-state index in [1.807, 2.05) is 62.6 Å². The van der Waals surface area contributed by atoms with Gasteiger partial charge >= 0.3 is 6.09 Å². The van der Waals surface area contributed by atoms with Crippen LogP contribution in [0.4, 0.5) is 27.5 Å². The number of carbonyl (C=O) groups excluding carboxylic acids is 3. The standard InChI is InChI=1S/C32H39N7O4/c1-20(33)17-34-23-11-13-25(14-12-23)36-29(40)27-15-22(18-38(27)5)21-7-9-24(10-8-21)35-30(41)28-16-26(19-39(28)6)37-31(42)43-32(2,3)4/h7-16,18-20,34H,17,33H2,1-6H3,(H,35,41)(H,36,40)(H,37,42)/t20-/m0/s1. The first-order valence-electron chi connectivity index (χ1n) is 13.9. The van der Waals surface area contributed by atoms with Crippen molar-refractivity contribution in [1.29, 1.82) is 0 Å². The number of amides is 3. The Kier molecular flexibility index (Phi) is 9.25. The third kappa shape index (κ3) is 8.49. The second-order valence-corrected chi connectivity index (χ2v) is 11.5. The Hall–Kier alpha value is -5.03. The fraction of sp³-hybridized carbons (Fsp3) is 0.281. The van der Waals surface area contributed by atoms with Gasteiger partial charge < -0.3 is 35.6 Å². The van der Waals surface area contributed by atoms with E-state index in [2.05, 4.69) is 21.3 Å². The second kappa shape index (κ2) is 12.9. The van der Waals surface area contributed by atoms with Crippen LogP contribution in [0.25, 0.3) is 11.1 Å². The molecule has 11 heteroatoms. The van der Waals surface area contributed by atoms with Crippen molar-refractivity contribution in [2.45, 2.75) is 39.3 Å². The van der Waals surface area contributed by atoms with Crippen molar-refractivity contribution in [3.05, 3.63) is 84.4 Å². The summed E-state index contributed by atoms with van der Waals surface area (Å²) >= 11 is 0. The number of nitrogens with one attached hydrogen (secondary N) is 4. The van der Waals surface area contributed by atoms with E-state index in [4.69, 9.17) is 10.5 Å². The van der Waals surface area contributed by atoms with Crippen LogP contribution in [0.15, 0.2) is 73.1 Å². The molecule has 2 heterocycles. The quantitative estimate of drug-likeness (QED) is 0.172. The summed E-state index contributed by atoms with van der Waals surface area (Å²) in [6, 6.07) is 18.3. The van der Waals surface area contributed by atoms with Crippen molar-refractivity contribution < 1.29 is 19.1 Å². The summed E-state index contributed by atoms with van der Waals surface area (Å²) in [6.45, 7) is 7.92. The summed E-state index contributed by atoms with van der Waals surface area (Å²) in [5.41, 5.74) is 10.4. The number of hydrogen-bond acceptors (Lipinski definition) is 6. The zero-order valence-corrected chi connectivity index (χ0v) is 25.3. The molecule has 226 valence electrons. The van der Waals surface area contributed by atoms with Gasteiger partial charge in [-0.15, -0.1) is 0 Å². The highest BCUT2D eigenvalue weighted by Crippen LogP contribution is 2.25. The highest BCUT2D eigenvalue weighted by molar-refractivity contribution is 6.05. The van der Waals surface area contributed by atoms with E-state index in [0.717, 1.165) is 16.8 Å². The number of benzene rings is 2. The maximum atomic E-state index is 13.0. The van der Waals surface area contributed by atoms with Gasteiger partial charge in [-0.25, -0.2) is 4.79 Å². The van der Waals surface area contributed by atoms with E-state index in [9.17, 15) is 14.4 Å². The first-order valence-corrected chi connectivity index (χ1v) is 13.9. The van der Waals surface area contributed by atoms with Crippen molar-refractivity contribution in [2.24, 2.45) is 19.8 Å². The summed E-state index contributed by atoms with van der Waals surface area (Å²) in [7, 11) is 3.54. The Bertz CT molecular complexity index is 1590. The number of aromatic nitrogens is 2. The molecule has 0 aliphatic carbocycles. The van der Waals surface area contributed by atoms with Gasteiger partial charge in [0.25, 0.3) is 11.8 Å². The molecule has 43 heavy (non-hydrogen) atoms. The van der Waals surface area contributed by atoms with Crippen molar-refractivity contribution in [3.8, 4) is 11.1 Å². The van der Waals surface area contributed by atoms with Crippen LogP contribution >= 0.6 is 0 Å². The average Bonchev–Trinajstić information content (AvgIpc) is 3.49. The number of ether oxygens (including phenoxy) is 1. The van der Waals surface area contributed by atoms with E-state index in [0.29, 0.717) is 35.0 Å². The van der Waals surface area contributed by atoms with Crippen LogP contribution in [0.3, 0.4) is 0 Å². The van der Waals surface area contributed by atoms with Crippen LogP contribution in [0.1, 0.15) is 48.7 Å². The van der Waals surface area contributed by atoms with Gasteiger partial charge in [0.05, 0.1) is 5.69 Å². The molecule has 0 bridgehead atoms. The molecule has 6 N–H and O–H groups in total. The normalized spacial score (nSPS) is 11.9. The lowest BCUT2D eigenvalue weighted by molar-refractivity contribution is 0.0635. The molecule has 2 aromatic carbocycles. The lowest BCUT2D eigenvalue weighted by atomic mass is 10.1. The first-order chi connectivity index (χ1) is 20.3. The molecule has 2 aromatic heterocycles. The van der Waals surface area contributed by atoms with E-state index in [1.165, 1.54) is 0 Å². The number of anilines is 4. The third-order valence-corrected chi connectivity index (χ3v) is 6.37. The molecular weight excluding hydrogens is 546 g/mol. The van der Waals surface area contributed by atoms with Crippen LogP contribution in [-0.2, 0) is 18.8 Å². The minimum Gasteiger partial charge on any atom is -0.444 e. The van der Waals surface area contributed by atoms with Gasteiger partial charge in [-0.2, -0.15) is 0 Å². The Morgan fingerprint density at radius 3 is 1.81 bits per heavy atom. The molecule has 0 radical (unpaired) electrons. The summed E-state index contributed by atoms with van der Waals surface area (Å²) in [4.78, 5) is 38.0. The van der Waals surface area contributed by atoms with Crippen LogP contribution < -0.4 is 27.0 Å². The molecule has 3 amide bonds. The fourth-order valence-electron chi connectivity index (χ4n) is 4.31. The van der Waals surface area contributed by atoms with Crippen LogP contribution in [0.2, 0.25) is 0 Å². The molecule has 0 saturated heterocycles. The molecule has 0 unspecified atom stereocenters. The smallest absolute Gasteiger partial charge is 0.412 e. The van der Waals surface area contributed by atoms with Crippen LogP contribution in [-0.4, -0.2) is 45.2 Å². The molecule has 0 aliphatic heterocycles. The summed E-state index contributed by atoms with van der Waals surface area (Å²) < 4.78 is 8.67. The zero-order valence-electron chi connectivity index (χ0n) is 25.3. The maximum Gasteiger partial charge on any atom is 0.412 e. The predicted molar refractivity (Wildman–Crippen MR) is 171 cm³/mol. The van der Waals surface area contributed by atoms with Gasteiger partial charge in [0.15, 0.2) is 0 Å². The van der Waals surface area contributed by atoms with E-state index in [-0.39, 0.29) is 17.9 Å². The van der Waals surface area contributed by atoms with Gasteiger partial charge in [0.1, 0.15) is 17.0 Å². The largest absolute Gasteiger partial charge is 0.444 e. The van der Waals surface area contributed by atoms with Gasteiger partial charge in [-0.1, -0.05) is 12.1 Å². The molecule has 0 aliphatic rings. The minimum absolute atomic E-state index is 0.0415. The Labute approximate surface area is 251 Å². The fourth-order valence-corrected chi connectivity index (χ4v) is 4.31. The second-order valence-electron chi connectivity index (χ2n) is 11.5. The molecular formula is C32H39N7O4. The Morgan fingerprint density at radius 2 is 1.26 bits per heavy atom. The van der Waals surface area contributed by atoms with Crippen LogP contribution in [0.5, 0.6) is 0 Å². The van der Waals surface area contributed by atoms with Gasteiger partial charge in [0.2, 0.25) is 0 Å². The van der Waals surface area contributed by atoms with Crippen molar-refractivity contribution >= 4 is 40.7 Å². The maximum absolute atomic E-state index is 13.0. The summed E-state index contributed by atoms with van der Waals surface area (Å²) in [5, 5.41) is 11.7. The molecule has 0 fully saturated rings. The topological polar surface area (TPSA) is 144 Å². The van der Waals surface area contributed by atoms with Crippen molar-refractivity contribution in [3.63, 3.8) is 0 Å². The van der Waals surface area contributed by atoms with E-state index >= 15 is 0 Å². The SMILES string of the molecule is C[C@H](N)CNc1ccc(NC(=O)c2cc(-c3ccc(NC(=O)c4cc(NC(=O)OC(C)(C)C)cn4C)cc3)cn2C)cc1. The van der Waals surface area contributed by atoms with Crippen molar-refractivity contribution in [1.82, 2.24) is 9.13 Å². The lowest BCUT2D eigenvalue weighted by Gasteiger charge is -2.19. The zero-order chi connectivity index (χ0) is 31.3. The molecule has 0 saturated carbocycles.